The second kappa shape index (κ2) is 3.64. The van der Waals surface area contributed by atoms with Crippen molar-refractivity contribution in [2.24, 2.45) is 0 Å². The van der Waals surface area contributed by atoms with E-state index < -0.39 is 0 Å². The maximum atomic E-state index is 2.39. The third kappa shape index (κ3) is 2.00. The fourth-order valence-electron chi connectivity index (χ4n) is 1.65. The maximum Gasteiger partial charge on any atom is -0.00740 e. The van der Waals surface area contributed by atoms with Crippen molar-refractivity contribution in [1.29, 1.82) is 0 Å². The van der Waals surface area contributed by atoms with Crippen LogP contribution in [-0.4, -0.2) is 12.3 Å². The van der Waals surface area contributed by atoms with Gasteiger partial charge in [0.1, 0.15) is 0 Å². The Bertz CT molecular complexity index is 321. The molecule has 0 radical (unpaired) electrons. The molecule has 0 fully saturated rings. The van der Waals surface area contributed by atoms with Gasteiger partial charge in [-0.2, -0.15) is 0 Å². The third-order valence-electron chi connectivity index (χ3n) is 2.50. The molecule has 1 aromatic carbocycles. The van der Waals surface area contributed by atoms with Gasteiger partial charge in [-0.3, -0.25) is 0 Å². The highest BCUT2D eigenvalue weighted by Gasteiger charge is 2.14. The quantitative estimate of drug-likeness (QED) is 0.471. The van der Waals surface area contributed by atoms with E-state index in [9.17, 15) is 0 Å². The second-order valence-electron chi connectivity index (χ2n) is 3.77. The minimum Gasteiger partial charge on any atom is -0.0806 e. The minimum atomic E-state index is 0.115. The Kier molecular flexibility index (Phi) is 2.51. The fourth-order valence-corrected chi connectivity index (χ4v) is 4.00. The molecule has 0 aliphatic carbocycles. The van der Waals surface area contributed by atoms with E-state index in [0.29, 0.717) is 0 Å². The van der Waals surface area contributed by atoms with Crippen LogP contribution in [0.1, 0.15) is 12.5 Å². The molecule has 0 bridgehead atoms. The van der Waals surface area contributed by atoms with Crippen LogP contribution in [0.3, 0.4) is 0 Å². The zero-order valence-electron chi connectivity index (χ0n) is 8.25. The summed E-state index contributed by atoms with van der Waals surface area (Å²) in [7, 11) is 0.115. The van der Waals surface area contributed by atoms with Crippen LogP contribution >= 0.6 is 7.92 Å². The Morgan fingerprint density at radius 2 is 1.77 bits per heavy atom. The highest BCUT2D eigenvalue weighted by atomic mass is 31.1. The molecule has 1 heteroatoms. The predicted molar refractivity (Wildman–Crippen MR) is 61.2 cm³/mol. The van der Waals surface area contributed by atoms with Gasteiger partial charge in [-0.1, -0.05) is 49.4 Å². The molecule has 0 nitrogen and oxygen atoms in total. The van der Waals surface area contributed by atoms with Gasteiger partial charge < -0.3 is 0 Å². The monoisotopic (exact) mass is 190 g/mol. The molecule has 1 aliphatic rings. The molecule has 1 aromatic rings. The first kappa shape index (κ1) is 8.97. The van der Waals surface area contributed by atoms with E-state index >= 15 is 0 Å². The van der Waals surface area contributed by atoms with Gasteiger partial charge in [0, 0.05) is 0 Å². The van der Waals surface area contributed by atoms with Gasteiger partial charge in [-0.05, 0) is 31.5 Å². The standard InChI is InChI=1S/C12H15P/c1-10-3-5-12(6-4-10)13-8-7-11(2)9-13/h3-7H,8-9H2,1-2H3. The van der Waals surface area contributed by atoms with Crippen molar-refractivity contribution in [1.82, 2.24) is 0 Å². The van der Waals surface area contributed by atoms with E-state index in [-0.39, 0.29) is 7.92 Å². The van der Waals surface area contributed by atoms with Crippen molar-refractivity contribution >= 4 is 13.2 Å². The molecule has 0 aromatic heterocycles. The normalized spacial score (nSPS) is 21.7. The van der Waals surface area contributed by atoms with Crippen LogP contribution in [0, 0.1) is 6.92 Å². The summed E-state index contributed by atoms with van der Waals surface area (Å²) in [6.07, 6.45) is 5.01. The van der Waals surface area contributed by atoms with Crippen LogP contribution in [0.15, 0.2) is 35.9 Å². The van der Waals surface area contributed by atoms with Crippen molar-refractivity contribution in [2.75, 3.05) is 12.3 Å². The number of hydrogen-bond donors (Lipinski definition) is 0. The summed E-state index contributed by atoms with van der Waals surface area (Å²) < 4.78 is 0. The van der Waals surface area contributed by atoms with Crippen LogP contribution in [0.2, 0.25) is 0 Å². The van der Waals surface area contributed by atoms with Gasteiger partial charge in [-0.15, -0.1) is 0 Å². The van der Waals surface area contributed by atoms with Crippen LogP contribution < -0.4 is 5.30 Å². The minimum absolute atomic E-state index is 0.115. The lowest BCUT2D eigenvalue weighted by molar-refractivity contribution is 1.42. The lowest BCUT2D eigenvalue weighted by Gasteiger charge is -2.10. The Morgan fingerprint density at radius 3 is 2.31 bits per heavy atom. The number of aryl methyl sites for hydroxylation is 1. The molecule has 1 atom stereocenters. The van der Waals surface area contributed by atoms with Crippen molar-refractivity contribution < 1.29 is 0 Å². The van der Waals surface area contributed by atoms with Gasteiger partial charge >= 0.3 is 0 Å². The molecule has 2 rings (SSSR count). The van der Waals surface area contributed by atoms with E-state index in [1.807, 2.05) is 0 Å². The first-order chi connectivity index (χ1) is 6.25. The average Bonchev–Trinajstić information content (AvgIpc) is 2.53. The van der Waals surface area contributed by atoms with Gasteiger partial charge in [0.05, 0.1) is 0 Å². The van der Waals surface area contributed by atoms with Crippen molar-refractivity contribution in [3.05, 3.63) is 41.5 Å². The van der Waals surface area contributed by atoms with E-state index in [1.165, 1.54) is 17.9 Å². The lowest BCUT2D eigenvalue weighted by Crippen LogP contribution is -2.01. The number of allylic oxidation sites excluding steroid dienone is 2. The molecule has 68 valence electrons. The first-order valence-electron chi connectivity index (χ1n) is 4.73. The lowest BCUT2D eigenvalue weighted by atomic mass is 10.2. The van der Waals surface area contributed by atoms with Gasteiger partial charge in [0.2, 0.25) is 0 Å². The molecule has 0 N–H and O–H groups in total. The number of rotatable bonds is 1. The fraction of sp³-hybridized carbons (Fsp3) is 0.333. The summed E-state index contributed by atoms with van der Waals surface area (Å²) in [5, 5.41) is 1.56. The van der Waals surface area contributed by atoms with Crippen LogP contribution in [0.4, 0.5) is 0 Å². The molecular weight excluding hydrogens is 175 g/mol. The average molecular weight is 190 g/mol. The van der Waals surface area contributed by atoms with Gasteiger partial charge in [0.15, 0.2) is 0 Å². The smallest absolute Gasteiger partial charge is 0.00740 e. The SMILES string of the molecule is CC1=CCP(c2ccc(C)cc2)C1. The Labute approximate surface area is 81.4 Å². The Hall–Kier alpha value is -0.610. The van der Waals surface area contributed by atoms with Gasteiger partial charge in [-0.25, -0.2) is 0 Å². The van der Waals surface area contributed by atoms with Crippen molar-refractivity contribution in [3.63, 3.8) is 0 Å². The summed E-state index contributed by atoms with van der Waals surface area (Å²) in [6, 6.07) is 9.05. The molecule has 1 unspecified atom stereocenters. The molecule has 1 heterocycles. The zero-order chi connectivity index (χ0) is 9.26. The van der Waals surface area contributed by atoms with Crippen LogP contribution in [0.5, 0.6) is 0 Å². The summed E-state index contributed by atoms with van der Waals surface area (Å²) in [5.41, 5.74) is 2.94. The summed E-state index contributed by atoms with van der Waals surface area (Å²) in [4.78, 5) is 0. The molecule has 0 amide bonds. The summed E-state index contributed by atoms with van der Waals surface area (Å²) >= 11 is 0. The molecule has 13 heavy (non-hydrogen) atoms. The zero-order valence-corrected chi connectivity index (χ0v) is 9.14. The Morgan fingerprint density at radius 1 is 1.08 bits per heavy atom. The molecule has 1 aliphatic heterocycles. The first-order valence-corrected chi connectivity index (χ1v) is 6.44. The van der Waals surface area contributed by atoms with Crippen LogP contribution in [0.25, 0.3) is 0 Å². The highest BCUT2D eigenvalue weighted by molar-refractivity contribution is 7.66. The maximum absolute atomic E-state index is 2.39. The second-order valence-corrected chi connectivity index (χ2v) is 6.04. The largest absolute Gasteiger partial charge is 0.0806 e. The Balaban J connectivity index is 2.14. The van der Waals surface area contributed by atoms with Crippen LogP contribution in [-0.2, 0) is 0 Å². The molecule has 0 saturated heterocycles. The van der Waals surface area contributed by atoms with Crippen molar-refractivity contribution in [3.8, 4) is 0 Å². The number of hydrogen-bond acceptors (Lipinski definition) is 0. The number of benzene rings is 1. The molecule has 0 spiro atoms. The highest BCUT2D eigenvalue weighted by Crippen LogP contribution is 2.41. The summed E-state index contributed by atoms with van der Waals surface area (Å²) in [6.45, 7) is 4.39. The predicted octanol–water partition coefficient (Wildman–Crippen LogP) is 3.06. The van der Waals surface area contributed by atoms with E-state index in [0.717, 1.165) is 0 Å². The summed E-state index contributed by atoms with van der Waals surface area (Å²) in [5.74, 6) is 0. The van der Waals surface area contributed by atoms with E-state index in [1.54, 1.807) is 10.9 Å². The molecule has 0 saturated carbocycles. The van der Waals surface area contributed by atoms with E-state index in [2.05, 4.69) is 44.2 Å². The van der Waals surface area contributed by atoms with Gasteiger partial charge in [0.25, 0.3) is 0 Å². The van der Waals surface area contributed by atoms with E-state index in [4.69, 9.17) is 0 Å². The third-order valence-corrected chi connectivity index (χ3v) is 5.03. The molecular formula is C12H15P. The van der Waals surface area contributed by atoms with Crippen molar-refractivity contribution in [2.45, 2.75) is 13.8 Å². The topological polar surface area (TPSA) is 0 Å².